The van der Waals surface area contributed by atoms with Gasteiger partial charge in [0.1, 0.15) is 0 Å². The molecule has 1 aromatic rings. The summed E-state index contributed by atoms with van der Waals surface area (Å²) in [5.41, 5.74) is 0.715. The van der Waals surface area contributed by atoms with Gasteiger partial charge < -0.3 is 0 Å². The quantitative estimate of drug-likeness (QED) is 0.598. The number of rotatable bonds is 2. The fraction of sp³-hybridized carbons (Fsp3) is 0.100. The van der Waals surface area contributed by atoms with Crippen LogP contribution in [0.4, 0.5) is 0 Å². The van der Waals surface area contributed by atoms with E-state index in [4.69, 9.17) is 0 Å². The number of nitrogens with zero attached hydrogens (tertiary/aromatic N) is 1. The first-order chi connectivity index (χ1) is 7.11. The number of benzene rings is 1. The highest BCUT2D eigenvalue weighted by Crippen LogP contribution is 2.22. The Balaban J connectivity index is 2.41. The fourth-order valence-corrected chi connectivity index (χ4v) is 1.76. The molecule has 15 heavy (non-hydrogen) atoms. The maximum atomic E-state index is 11.7. The lowest BCUT2D eigenvalue weighted by Gasteiger charge is -2.09. The lowest BCUT2D eigenvalue weighted by atomic mass is 10.1. The van der Waals surface area contributed by atoms with Crippen molar-refractivity contribution in [3.8, 4) is 0 Å². The summed E-state index contributed by atoms with van der Waals surface area (Å²) in [5.74, 6) is -0.827. The molecule has 2 amide bonds. The molecule has 1 aliphatic rings. The van der Waals surface area contributed by atoms with Gasteiger partial charge in [0.15, 0.2) is 0 Å². The predicted octanol–water partition coefficient (Wildman–Crippen LogP) is 1.20. The van der Waals surface area contributed by atoms with Crippen LogP contribution in [-0.4, -0.2) is 28.0 Å². The van der Waals surface area contributed by atoms with Gasteiger partial charge in [0.2, 0.25) is 4.69 Å². The highest BCUT2D eigenvalue weighted by molar-refractivity contribution is 9.18. The van der Waals surface area contributed by atoms with E-state index >= 15 is 0 Å². The van der Waals surface area contributed by atoms with Crippen LogP contribution >= 0.6 is 15.9 Å². The standard InChI is InChI=1S/C10H6BrNO3/c11-8(13)5-12-9(14)6-3-1-2-4-7(6)10(12)15/h1-4H,5H2. The molecule has 0 unspecified atom stereocenters. The van der Waals surface area contributed by atoms with Crippen molar-refractivity contribution in [2.24, 2.45) is 0 Å². The first-order valence-corrected chi connectivity index (χ1v) is 5.04. The second-order valence-electron chi connectivity index (χ2n) is 3.10. The normalized spacial score (nSPS) is 14.3. The molecule has 0 saturated carbocycles. The number of carbonyl (C=O) groups is 3. The summed E-state index contributed by atoms with van der Waals surface area (Å²) in [4.78, 5) is 35.1. The van der Waals surface area contributed by atoms with Gasteiger partial charge in [0.25, 0.3) is 11.8 Å². The topological polar surface area (TPSA) is 54.5 Å². The van der Waals surface area contributed by atoms with Crippen molar-refractivity contribution < 1.29 is 14.4 Å². The Labute approximate surface area is 94.0 Å². The maximum absolute atomic E-state index is 11.7. The van der Waals surface area contributed by atoms with Crippen molar-refractivity contribution in [3.63, 3.8) is 0 Å². The fourth-order valence-electron chi connectivity index (χ4n) is 1.51. The van der Waals surface area contributed by atoms with Crippen molar-refractivity contribution in [2.75, 3.05) is 6.54 Å². The summed E-state index contributed by atoms with van der Waals surface area (Å²) >= 11 is 2.70. The van der Waals surface area contributed by atoms with Crippen molar-refractivity contribution in [1.82, 2.24) is 4.90 Å². The minimum Gasteiger partial charge on any atom is -0.285 e. The number of hydrogen-bond donors (Lipinski definition) is 0. The number of hydrogen-bond acceptors (Lipinski definition) is 3. The summed E-state index contributed by atoms with van der Waals surface area (Å²) in [6.45, 7) is -0.230. The lowest BCUT2D eigenvalue weighted by molar-refractivity contribution is -0.110. The predicted molar refractivity (Wildman–Crippen MR) is 55.7 cm³/mol. The van der Waals surface area contributed by atoms with E-state index in [9.17, 15) is 14.4 Å². The minimum absolute atomic E-state index is 0.230. The van der Waals surface area contributed by atoms with E-state index in [1.165, 1.54) is 0 Å². The maximum Gasteiger partial charge on any atom is 0.261 e. The third-order valence-corrected chi connectivity index (χ3v) is 2.41. The zero-order valence-electron chi connectivity index (χ0n) is 7.57. The monoisotopic (exact) mass is 267 g/mol. The molecule has 76 valence electrons. The molecular formula is C10H6BrNO3. The number of amides is 2. The number of imide groups is 1. The molecular weight excluding hydrogens is 262 g/mol. The summed E-state index contributed by atoms with van der Waals surface area (Å²) in [6.07, 6.45) is 0. The lowest BCUT2D eigenvalue weighted by Crippen LogP contribution is -2.33. The summed E-state index contributed by atoms with van der Waals surface area (Å²) < 4.78 is -0.392. The van der Waals surface area contributed by atoms with E-state index in [0.29, 0.717) is 11.1 Å². The molecule has 0 saturated heterocycles. The van der Waals surface area contributed by atoms with E-state index in [-0.39, 0.29) is 6.54 Å². The average Bonchev–Trinajstić information content (AvgIpc) is 2.44. The number of halogens is 1. The number of carbonyl (C=O) groups excluding carboxylic acids is 3. The Hall–Kier alpha value is -1.49. The largest absolute Gasteiger partial charge is 0.285 e. The van der Waals surface area contributed by atoms with E-state index in [0.717, 1.165) is 4.90 Å². The van der Waals surface area contributed by atoms with Crippen LogP contribution in [0.15, 0.2) is 24.3 Å². The van der Waals surface area contributed by atoms with Gasteiger partial charge in [-0.3, -0.25) is 19.3 Å². The molecule has 1 aromatic carbocycles. The van der Waals surface area contributed by atoms with E-state index in [1.807, 2.05) is 0 Å². The smallest absolute Gasteiger partial charge is 0.261 e. The van der Waals surface area contributed by atoms with Crippen molar-refractivity contribution in [1.29, 1.82) is 0 Å². The van der Waals surface area contributed by atoms with Crippen LogP contribution in [0.1, 0.15) is 20.7 Å². The van der Waals surface area contributed by atoms with Crippen LogP contribution in [-0.2, 0) is 4.79 Å². The summed E-state index contributed by atoms with van der Waals surface area (Å²) in [7, 11) is 0. The van der Waals surface area contributed by atoms with Crippen molar-refractivity contribution in [2.45, 2.75) is 0 Å². The summed E-state index contributed by atoms with van der Waals surface area (Å²) in [5, 5.41) is 0. The summed E-state index contributed by atoms with van der Waals surface area (Å²) in [6, 6.07) is 6.52. The zero-order chi connectivity index (χ0) is 11.0. The molecule has 5 heteroatoms. The van der Waals surface area contributed by atoms with Crippen molar-refractivity contribution >= 4 is 32.4 Å². The Kier molecular flexibility index (Phi) is 2.40. The Bertz CT molecular complexity index is 434. The van der Waals surface area contributed by atoms with Crippen LogP contribution in [0.5, 0.6) is 0 Å². The Morgan fingerprint density at radius 2 is 1.60 bits per heavy atom. The molecule has 2 rings (SSSR count). The molecule has 0 radical (unpaired) electrons. The SMILES string of the molecule is O=C(Br)CN1C(=O)c2ccccc2C1=O. The molecule has 1 aliphatic heterocycles. The molecule has 0 aromatic heterocycles. The zero-order valence-corrected chi connectivity index (χ0v) is 9.15. The van der Waals surface area contributed by atoms with Gasteiger partial charge >= 0.3 is 0 Å². The van der Waals surface area contributed by atoms with Crippen LogP contribution < -0.4 is 0 Å². The average molecular weight is 268 g/mol. The van der Waals surface area contributed by atoms with Crippen LogP contribution in [0.3, 0.4) is 0 Å². The molecule has 0 fully saturated rings. The highest BCUT2D eigenvalue weighted by atomic mass is 79.9. The first kappa shape index (κ1) is 10.0. The molecule has 0 bridgehead atoms. The van der Waals surface area contributed by atoms with E-state index in [1.54, 1.807) is 24.3 Å². The van der Waals surface area contributed by atoms with Gasteiger partial charge in [-0.2, -0.15) is 0 Å². The molecule has 0 aliphatic carbocycles. The second kappa shape index (κ2) is 3.58. The molecule has 0 N–H and O–H groups in total. The third-order valence-electron chi connectivity index (χ3n) is 2.16. The number of fused-ring (bicyclic) bond motifs is 1. The van der Waals surface area contributed by atoms with E-state index in [2.05, 4.69) is 15.9 Å². The van der Waals surface area contributed by atoms with Gasteiger partial charge in [-0.25, -0.2) is 0 Å². The second-order valence-corrected chi connectivity index (χ2v) is 3.98. The van der Waals surface area contributed by atoms with Gasteiger partial charge in [-0.1, -0.05) is 12.1 Å². The first-order valence-electron chi connectivity index (χ1n) is 4.25. The molecule has 0 atom stereocenters. The van der Waals surface area contributed by atoms with Gasteiger partial charge in [0.05, 0.1) is 17.7 Å². The van der Waals surface area contributed by atoms with Crippen LogP contribution in [0.2, 0.25) is 0 Å². The van der Waals surface area contributed by atoms with Gasteiger partial charge in [0, 0.05) is 0 Å². The van der Waals surface area contributed by atoms with E-state index < -0.39 is 16.5 Å². The molecule has 1 heterocycles. The van der Waals surface area contributed by atoms with Crippen molar-refractivity contribution in [3.05, 3.63) is 35.4 Å². The molecule has 4 nitrogen and oxygen atoms in total. The van der Waals surface area contributed by atoms with Crippen LogP contribution in [0, 0.1) is 0 Å². The van der Waals surface area contributed by atoms with Gasteiger partial charge in [-0.15, -0.1) is 0 Å². The minimum atomic E-state index is -0.414. The van der Waals surface area contributed by atoms with Gasteiger partial charge in [-0.05, 0) is 28.1 Å². The molecule has 0 spiro atoms. The third kappa shape index (κ3) is 1.59. The van der Waals surface area contributed by atoms with Crippen LogP contribution in [0.25, 0.3) is 0 Å². The Morgan fingerprint density at radius 3 is 2.00 bits per heavy atom. The highest BCUT2D eigenvalue weighted by Gasteiger charge is 2.35. The Morgan fingerprint density at radius 1 is 1.13 bits per heavy atom.